The van der Waals surface area contributed by atoms with Gasteiger partial charge in [0, 0.05) is 0 Å². The molecule has 0 unspecified atom stereocenters. The third-order valence-electron chi connectivity index (χ3n) is 3.99. The minimum Gasteiger partial charge on any atom is -0.223 e. The van der Waals surface area contributed by atoms with Crippen LogP contribution in [0.15, 0.2) is 58.5 Å². The Labute approximate surface area is 128 Å². The van der Waals surface area contributed by atoms with Gasteiger partial charge in [0.1, 0.15) is 0 Å². The van der Waals surface area contributed by atoms with Crippen molar-refractivity contribution in [3.8, 4) is 0 Å². The van der Waals surface area contributed by atoms with Gasteiger partial charge in [-0.05, 0) is 58.1 Å². The lowest BCUT2D eigenvalue weighted by Gasteiger charge is -2.22. The summed E-state index contributed by atoms with van der Waals surface area (Å²) >= 11 is 0. The summed E-state index contributed by atoms with van der Waals surface area (Å²) in [7, 11) is -3.18. The Hall–Kier alpha value is -1.35. The zero-order valence-electron chi connectivity index (χ0n) is 12.9. The van der Waals surface area contributed by atoms with E-state index >= 15 is 0 Å². The molecule has 1 atom stereocenters. The molecule has 0 N–H and O–H groups in total. The predicted molar refractivity (Wildman–Crippen MR) is 88.0 cm³/mol. The summed E-state index contributed by atoms with van der Waals surface area (Å²) in [4.78, 5) is 0.455. The summed E-state index contributed by atoms with van der Waals surface area (Å²) in [5, 5.41) is -0.257. The SMILES string of the molecule is CC(C)=CCCC1=CC[C@@H](S(=O)(=O)c2ccccc2)CC1. The summed E-state index contributed by atoms with van der Waals surface area (Å²) in [5.74, 6) is 0. The molecule has 0 fully saturated rings. The molecule has 0 amide bonds. The molecule has 0 bridgehead atoms. The second-order valence-corrected chi connectivity index (χ2v) is 8.17. The monoisotopic (exact) mass is 304 g/mol. The third kappa shape index (κ3) is 4.31. The van der Waals surface area contributed by atoms with Crippen LogP contribution in [0.1, 0.15) is 46.0 Å². The Morgan fingerprint density at radius 2 is 1.95 bits per heavy atom. The van der Waals surface area contributed by atoms with Crippen molar-refractivity contribution in [2.45, 2.75) is 56.1 Å². The van der Waals surface area contributed by atoms with E-state index in [0.29, 0.717) is 11.3 Å². The minimum atomic E-state index is -3.18. The van der Waals surface area contributed by atoms with E-state index in [2.05, 4.69) is 26.0 Å². The normalized spacial score (nSPS) is 19.0. The van der Waals surface area contributed by atoms with Crippen molar-refractivity contribution in [1.82, 2.24) is 0 Å². The van der Waals surface area contributed by atoms with Crippen molar-refractivity contribution in [3.63, 3.8) is 0 Å². The van der Waals surface area contributed by atoms with E-state index in [-0.39, 0.29) is 5.25 Å². The molecule has 3 heteroatoms. The summed E-state index contributed by atoms with van der Waals surface area (Å²) in [6.45, 7) is 4.22. The number of benzene rings is 1. The van der Waals surface area contributed by atoms with Crippen molar-refractivity contribution in [2.75, 3.05) is 0 Å². The Morgan fingerprint density at radius 1 is 1.24 bits per heavy atom. The first-order valence-electron chi connectivity index (χ1n) is 7.60. The van der Waals surface area contributed by atoms with Crippen LogP contribution >= 0.6 is 0 Å². The van der Waals surface area contributed by atoms with Crippen molar-refractivity contribution in [1.29, 1.82) is 0 Å². The second-order valence-electron chi connectivity index (χ2n) is 5.94. The molecule has 0 saturated carbocycles. The van der Waals surface area contributed by atoms with Crippen LogP contribution in [0.5, 0.6) is 0 Å². The zero-order valence-corrected chi connectivity index (χ0v) is 13.7. The lowest BCUT2D eigenvalue weighted by molar-refractivity contribution is 0.562. The number of hydrogen-bond donors (Lipinski definition) is 0. The molecule has 2 nitrogen and oxygen atoms in total. The van der Waals surface area contributed by atoms with Gasteiger partial charge in [-0.1, -0.05) is 41.5 Å². The Balaban J connectivity index is 2.00. The minimum absolute atomic E-state index is 0.257. The highest BCUT2D eigenvalue weighted by molar-refractivity contribution is 7.92. The summed E-state index contributed by atoms with van der Waals surface area (Å²) in [5.41, 5.74) is 2.75. The molecule has 2 rings (SSSR count). The lowest BCUT2D eigenvalue weighted by atomic mass is 9.95. The highest BCUT2D eigenvalue weighted by atomic mass is 32.2. The predicted octanol–water partition coefficient (Wildman–Crippen LogP) is 4.69. The smallest absolute Gasteiger partial charge is 0.181 e. The van der Waals surface area contributed by atoms with Crippen LogP contribution < -0.4 is 0 Å². The fourth-order valence-electron chi connectivity index (χ4n) is 2.72. The summed E-state index contributed by atoms with van der Waals surface area (Å²) < 4.78 is 25.1. The first-order chi connectivity index (χ1) is 10.00. The molecule has 1 aliphatic rings. The van der Waals surface area contributed by atoms with Crippen molar-refractivity contribution >= 4 is 9.84 Å². The van der Waals surface area contributed by atoms with Crippen LogP contribution in [0.4, 0.5) is 0 Å². The van der Waals surface area contributed by atoms with Crippen LogP contribution in [-0.4, -0.2) is 13.7 Å². The quantitative estimate of drug-likeness (QED) is 0.740. The number of sulfone groups is 1. The Kier molecular flexibility index (Phi) is 5.40. The van der Waals surface area contributed by atoms with Crippen LogP contribution in [0.2, 0.25) is 0 Å². The van der Waals surface area contributed by atoms with Gasteiger partial charge in [-0.3, -0.25) is 0 Å². The van der Waals surface area contributed by atoms with E-state index in [9.17, 15) is 8.42 Å². The van der Waals surface area contributed by atoms with Crippen LogP contribution in [0.25, 0.3) is 0 Å². The van der Waals surface area contributed by atoms with Gasteiger partial charge >= 0.3 is 0 Å². The number of hydrogen-bond acceptors (Lipinski definition) is 2. The van der Waals surface area contributed by atoms with Gasteiger partial charge in [0.05, 0.1) is 10.1 Å². The molecule has 0 aliphatic heterocycles. The van der Waals surface area contributed by atoms with E-state index in [1.165, 1.54) is 11.1 Å². The average Bonchev–Trinajstić information content (AvgIpc) is 2.48. The van der Waals surface area contributed by atoms with Crippen molar-refractivity contribution < 1.29 is 8.42 Å². The van der Waals surface area contributed by atoms with Crippen LogP contribution in [-0.2, 0) is 9.84 Å². The fraction of sp³-hybridized carbons (Fsp3) is 0.444. The van der Waals surface area contributed by atoms with Crippen LogP contribution in [0.3, 0.4) is 0 Å². The van der Waals surface area contributed by atoms with E-state index in [4.69, 9.17) is 0 Å². The second kappa shape index (κ2) is 7.08. The molecule has 0 aromatic heterocycles. The molecule has 0 saturated heterocycles. The van der Waals surface area contributed by atoms with Gasteiger partial charge in [-0.15, -0.1) is 0 Å². The molecule has 1 aromatic carbocycles. The van der Waals surface area contributed by atoms with E-state index in [1.54, 1.807) is 24.3 Å². The molecule has 114 valence electrons. The van der Waals surface area contributed by atoms with E-state index in [1.807, 2.05) is 6.07 Å². The molecule has 0 radical (unpaired) electrons. The van der Waals surface area contributed by atoms with Gasteiger partial charge in [0.15, 0.2) is 9.84 Å². The maximum Gasteiger partial charge on any atom is 0.181 e. The molecule has 1 aliphatic carbocycles. The zero-order chi connectivity index (χ0) is 15.3. The molecule has 1 aromatic rings. The topological polar surface area (TPSA) is 34.1 Å². The summed E-state index contributed by atoms with van der Waals surface area (Å²) in [6.07, 6.45) is 8.82. The summed E-state index contributed by atoms with van der Waals surface area (Å²) in [6, 6.07) is 8.82. The lowest BCUT2D eigenvalue weighted by Crippen LogP contribution is -2.23. The number of allylic oxidation sites excluding steroid dienone is 4. The number of rotatable bonds is 5. The highest BCUT2D eigenvalue weighted by Crippen LogP contribution is 2.29. The van der Waals surface area contributed by atoms with Crippen LogP contribution in [0, 0.1) is 0 Å². The van der Waals surface area contributed by atoms with Crippen molar-refractivity contribution in [3.05, 3.63) is 53.6 Å². The molecule has 0 heterocycles. The molecule has 21 heavy (non-hydrogen) atoms. The van der Waals surface area contributed by atoms with Gasteiger partial charge in [-0.25, -0.2) is 8.42 Å². The molecule has 0 spiro atoms. The third-order valence-corrected chi connectivity index (χ3v) is 6.22. The Morgan fingerprint density at radius 3 is 2.52 bits per heavy atom. The first kappa shape index (κ1) is 16.0. The largest absolute Gasteiger partial charge is 0.223 e. The highest BCUT2D eigenvalue weighted by Gasteiger charge is 2.28. The first-order valence-corrected chi connectivity index (χ1v) is 9.15. The Bertz CT molecular complexity index is 620. The van der Waals surface area contributed by atoms with Gasteiger partial charge in [-0.2, -0.15) is 0 Å². The van der Waals surface area contributed by atoms with Gasteiger partial charge < -0.3 is 0 Å². The average molecular weight is 304 g/mol. The molecular formula is C18H24O2S. The van der Waals surface area contributed by atoms with Gasteiger partial charge in [0.25, 0.3) is 0 Å². The van der Waals surface area contributed by atoms with E-state index < -0.39 is 9.84 Å². The van der Waals surface area contributed by atoms with Gasteiger partial charge in [0.2, 0.25) is 0 Å². The van der Waals surface area contributed by atoms with E-state index in [0.717, 1.165) is 25.7 Å². The fourth-order valence-corrected chi connectivity index (χ4v) is 4.42. The molecular weight excluding hydrogens is 280 g/mol. The van der Waals surface area contributed by atoms with Crippen molar-refractivity contribution in [2.24, 2.45) is 0 Å². The maximum absolute atomic E-state index is 12.6. The maximum atomic E-state index is 12.6. The standard InChI is InChI=1S/C18H24O2S/c1-15(2)7-6-8-16-11-13-18(14-12-16)21(19,20)17-9-4-3-5-10-17/h3-5,7,9-11,18H,6,8,12-14H2,1-2H3/t18-/m1/s1.